The number of hydrogen-bond donors (Lipinski definition) is 0. The molecule has 3 rings (SSSR count). The second-order valence-corrected chi connectivity index (χ2v) is 6.96. The molecule has 1 amide bonds. The Labute approximate surface area is 162 Å². The van der Waals surface area contributed by atoms with E-state index in [2.05, 4.69) is 29.2 Å². The van der Waals surface area contributed by atoms with E-state index in [1.807, 2.05) is 61.2 Å². The SMILES string of the molecule is Cc1ccccc1O[C@H](C)C(=O)N1CCN(C/C=C/c2ccccc2)CC1. The van der Waals surface area contributed by atoms with Gasteiger partial charge in [0.1, 0.15) is 5.75 Å². The molecule has 0 radical (unpaired) electrons. The summed E-state index contributed by atoms with van der Waals surface area (Å²) in [7, 11) is 0. The smallest absolute Gasteiger partial charge is 0.263 e. The maximum Gasteiger partial charge on any atom is 0.263 e. The molecule has 1 heterocycles. The van der Waals surface area contributed by atoms with Gasteiger partial charge in [0.05, 0.1) is 0 Å². The van der Waals surface area contributed by atoms with Crippen LogP contribution in [0.15, 0.2) is 60.7 Å². The van der Waals surface area contributed by atoms with Gasteiger partial charge in [-0.3, -0.25) is 9.69 Å². The van der Waals surface area contributed by atoms with Gasteiger partial charge in [0, 0.05) is 32.7 Å². The minimum absolute atomic E-state index is 0.0673. The van der Waals surface area contributed by atoms with E-state index < -0.39 is 6.10 Å². The van der Waals surface area contributed by atoms with Crippen molar-refractivity contribution in [2.24, 2.45) is 0 Å². The maximum absolute atomic E-state index is 12.7. The van der Waals surface area contributed by atoms with Gasteiger partial charge < -0.3 is 9.64 Å². The van der Waals surface area contributed by atoms with Crippen LogP contribution >= 0.6 is 0 Å². The summed E-state index contributed by atoms with van der Waals surface area (Å²) in [6.07, 6.45) is 3.88. The molecule has 0 aromatic heterocycles. The van der Waals surface area contributed by atoms with Crippen molar-refractivity contribution in [2.45, 2.75) is 20.0 Å². The number of carbonyl (C=O) groups excluding carboxylic acids is 1. The van der Waals surface area contributed by atoms with Crippen LogP contribution in [-0.2, 0) is 4.79 Å². The molecule has 0 aliphatic carbocycles. The zero-order valence-corrected chi connectivity index (χ0v) is 16.2. The number of carbonyl (C=O) groups is 1. The molecule has 0 unspecified atom stereocenters. The van der Waals surface area contributed by atoms with E-state index in [0.717, 1.165) is 44.0 Å². The Morgan fingerprint density at radius 1 is 1.04 bits per heavy atom. The molecule has 142 valence electrons. The van der Waals surface area contributed by atoms with E-state index in [1.54, 1.807) is 0 Å². The van der Waals surface area contributed by atoms with E-state index >= 15 is 0 Å². The average molecular weight is 364 g/mol. The Morgan fingerprint density at radius 2 is 1.70 bits per heavy atom. The summed E-state index contributed by atoms with van der Waals surface area (Å²) in [6.45, 7) is 8.02. The minimum Gasteiger partial charge on any atom is -0.481 e. The van der Waals surface area contributed by atoms with Gasteiger partial charge in [-0.2, -0.15) is 0 Å². The fourth-order valence-corrected chi connectivity index (χ4v) is 3.24. The fraction of sp³-hybridized carbons (Fsp3) is 0.348. The van der Waals surface area contributed by atoms with Crippen molar-refractivity contribution in [3.05, 3.63) is 71.8 Å². The van der Waals surface area contributed by atoms with Crippen molar-refractivity contribution in [2.75, 3.05) is 32.7 Å². The summed E-state index contributed by atoms with van der Waals surface area (Å²) in [5.41, 5.74) is 2.26. The highest BCUT2D eigenvalue weighted by molar-refractivity contribution is 5.81. The summed E-state index contributed by atoms with van der Waals surface area (Å²) < 4.78 is 5.88. The molecule has 1 saturated heterocycles. The number of para-hydroxylation sites is 1. The number of amides is 1. The van der Waals surface area contributed by atoms with Gasteiger partial charge in [0.15, 0.2) is 6.10 Å². The first kappa shape index (κ1) is 19.2. The minimum atomic E-state index is -0.462. The lowest BCUT2D eigenvalue weighted by atomic mass is 10.2. The van der Waals surface area contributed by atoms with Crippen LogP contribution in [0.1, 0.15) is 18.1 Å². The first-order valence-electron chi connectivity index (χ1n) is 9.58. The highest BCUT2D eigenvalue weighted by atomic mass is 16.5. The van der Waals surface area contributed by atoms with Gasteiger partial charge in [-0.1, -0.05) is 60.7 Å². The molecular formula is C23H28N2O2. The van der Waals surface area contributed by atoms with E-state index in [-0.39, 0.29) is 5.91 Å². The first-order chi connectivity index (χ1) is 13.1. The molecule has 2 aromatic carbocycles. The second-order valence-electron chi connectivity index (χ2n) is 6.96. The quantitative estimate of drug-likeness (QED) is 0.785. The molecule has 4 heteroatoms. The Bertz CT molecular complexity index is 765. The van der Waals surface area contributed by atoms with Crippen molar-refractivity contribution >= 4 is 12.0 Å². The van der Waals surface area contributed by atoms with Crippen molar-refractivity contribution in [1.82, 2.24) is 9.80 Å². The fourth-order valence-electron chi connectivity index (χ4n) is 3.24. The Morgan fingerprint density at radius 3 is 2.41 bits per heavy atom. The lowest BCUT2D eigenvalue weighted by Gasteiger charge is -2.35. The normalized spacial score (nSPS) is 16.4. The summed E-state index contributed by atoms with van der Waals surface area (Å²) in [5, 5.41) is 0. The molecule has 0 saturated carbocycles. The number of rotatable bonds is 6. The van der Waals surface area contributed by atoms with Gasteiger partial charge in [-0.15, -0.1) is 0 Å². The number of piperazine rings is 1. The number of benzene rings is 2. The van der Waals surface area contributed by atoms with Crippen LogP contribution in [0.5, 0.6) is 5.75 Å². The van der Waals surface area contributed by atoms with E-state index in [4.69, 9.17) is 4.74 Å². The van der Waals surface area contributed by atoms with Crippen LogP contribution in [0.25, 0.3) is 6.08 Å². The monoisotopic (exact) mass is 364 g/mol. The van der Waals surface area contributed by atoms with Gasteiger partial charge in [0.25, 0.3) is 5.91 Å². The average Bonchev–Trinajstić information content (AvgIpc) is 2.70. The Hall–Kier alpha value is -2.59. The van der Waals surface area contributed by atoms with Crippen LogP contribution in [0, 0.1) is 6.92 Å². The van der Waals surface area contributed by atoms with Gasteiger partial charge in [-0.05, 0) is 31.0 Å². The number of aryl methyl sites for hydroxylation is 1. The Balaban J connectivity index is 1.45. The lowest BCUT2D eigenvalue weighted by Crippen LogP contribution is -2.51. The molecular weight excluding hydrogens is 336 g/mol. The number of hydrogen-bond acceptors (Lipinski definition) is 3. The number of ether oxygens (including phenoxy) is 1. The molecule has 0 N–H and O–H groups in total. The third kappa shape index (κ3) is 5.44. The molecule has 1 aliphatic rings. The topological polar surface area (TPSA) is 32.8 Å². The predicted octanol–water partition coefficient (Wildman–Crippen LogP) is 3.62. The molecule has 27 heavy (non-hydrogen) atoms. The predicted molar refractivity (Wildman–Crippen MR) is 110 cm³/mol. The third-order valence-electron chi connectivity index (χ3n) is 4.90. The summed E-state index contributed by atoms with van der Waals surface area (Å²) in [5.74, 6) is 0.848. The molecule has 1 atom stereocenters. The highest BCUT2D eigenvalue weighted by Crippen LogP contribution is 2.18. The Kier molecular flexibility index (Phi) is 6.66. The van der Waals surface area contributed by atoms with Crippen LogP contribution in [0.4, 0.5) is 0 Å². The van der Waals surface area contributed by atoms with Crippen LogP contribution in [-0.4, -0.2) is 54.5 Å². The van der Waals surface area contributed by atoms with Gasteiger partial charge >= 0.3 is 0 Å². The lowest BCUT2D eigenvalue weighted by molar-refractivity contribution is -0.139. The van der Waals surface area contributed by atoms with Crippen LogP contribution < -0.4 is 4.74 Å². The zero-order valence-electron chi connectivity index (χ0n) is 16.2. The number of nitrogens with zero attached hydrogens (tertiary/aromatic N) is 2. The molecule has 0 spiro atoms. The van der Waals surface area contributed by atoms with Crippen LogP contribution in [0.2, 0.25) is 0 Å². The molecule has 1 fully saturated rings. The van der Waals surface area contributed by atoms with Crippen LogP contribution in [0.3, 0.4) is 0 Å². The largest absolute Gasteiger partial charge is 0.481 e. The van der Waals surface area contributed by atoms with E-state index in [9.17, 15) is 4.79 Å². The summed E-state index contributed by atoms with van der Waals surface area (Å²) >= 11 is 0. The summed E-state index contributed by atoms with van der Waals surface area (Å²) in [6, 6.07) is 18.1. The van der Waals surface area contributed by atoms with Crippen molar-refractivity contribution in [3.8, 4) is 5.75 Å². The van der Waals surface area contributed by atoms with Crippen molar-refractivity contribution < 1.29 is 9.53 Å². The molecule has 1 aliphatic heterocycles. The van der Waals surface area contributed by atoms with Gasteiger partial charge in [0.2, 0.25) is 0 Å². The summed E-state index contributed by atoms with van der Waals surface area (Å²) in [4.78, 5) is 17.0. The zero-order chi connectivity index (χ0) is 19.1. The molecule has 0 bridgehead atoms. The van der Waals surface area contributed by atoms with E-state index in [0.29, 0.717) is 0 Å². The second kappa shape index (κ2) is 9.38. The highest BCUT2D eigenvalue weighted by Gasteiger charge is 2.25. The third-order valence-corrected chi connectivity index (χ3v) is 4.90. The molecule has 2 aromatic rings. The molecule has 4 nitrogen and oxygen atoms in total. The van der Waals surface area contributed by atoms with Crippen molar-refractivity contribution in [1.29, 1.82) is 0 Å². The first-order valence-corrected chi connectivity index (χ1v) is 9.58. The van der Waals surface area contributed by atoms with E-state index in [1.165, 1.54) is 5.56 Å². The maximum atomic E-state index is 12.7. The standard InChI is InChI=1S/C23H28N2O2/c1-19-9-6-7-13-22(19)27-20(2)23(26)25-17-15-24(16-18-25)14-8-12-21-10-4-3-5-11-21/h3-13,20H,14-18H2,1-2H3/b12-8+/t20-/m1/s1. The van der Waals surface area contributed by atoms with Crippen molar-refractivity contribution in [3.63, 3.8) is 0 Å². The van der Waals surface area contributed by atoms with Gasteiger partial charge in [-0.25, -0.2) is 0 Å².